The highest BCUT2D eigenvalue weighted by Crippen LogP contribution is 1.99. The standard InChI is InChI=1S/C5H6N2O2.ClH/c6-3-7-4(8)1-2-5(7)9;/h1-2H,3,6H2;1H. The van der Waals surface area contributed by atoms with Gasteiger partial charge in [-0.15, -0.1) is 12.4 Å². The van der Waals surface area contributed by atoms with E-state index < -0.39 is 0 Å². The van der Waals surface area contributed by atoms with Crippen molar-refractivity contribution in [2.45, 2.75) is 0 Å². The number of nitrogens with two attached hydrogens (primary N) is 1. The van der Waals surface area contributed by atoms with Crippen LogP contribution in [0.25, 0.3) is 0 Å². The number of nitrogens with zero attached hydrogens (tertiary/aromatic N) is 1. The number of carbonyl (C=O) groups is 2. The Kier molecular flexibility index (Phi) is 3.05. The molecule has 0 radical (unpaired) electrons. The van der Waals surface area contributed by atoms with Crippen molar-refractivity contribution in [3.63, 3.8) is 0 Å². The van der Waals surface area contributed by atoms with Gasteiger partial charge in [0.25, 0.3) is 11.8 Å². The molecule has 0 bridgehead atoms. The molecule has 0 saturated carbocycles. The second-order valence-electron chi connectivity index (χ2n) is 1.62. The van der Waals surface area contributed by atoms with E-state index in [1.807, 2.05) is 0 Å². The number of hydrogen-bond acceptors (Lipinski definition) is 3. The van der Waals surface area contributed by atoms with E-state index in [9.17, 15) is 9.59 Å². The molecule has 1 heterocycles. The molecule has 0 aromatic heterocycles. The van der Waals surface area contributed by atoms with Gasteiger partial charge in [-0.1, -0.05) is 0 Å². The number of halogens is 1. The summed E-state index contributed by atoms with van der Waals surface area (Å²) in [4.78, 5) is 22.1. The lowest BCUT2D eigenvalue weighted by molar-refractivity contribution is -0.136. The Morgan fingerprint density at radius 2 is 1.70 bits per heavy atom. The predicted octanol–water partition coefficient (Wildman–Crippen LogP) is -0.751. The summed E-state index contributed by atoms with van der Waals surface area (Å²) >= 11 is 0. The fraction of sp³-hybridized carbons (Fsp3) is 0.200. The summed E-state index contributed by atoms with van der Waals surface area (Å²) in [6.07, 6.45) is 2.41. The molecule has 0 aliphatic carbocycles. The van der Waals surface area contributed by atoms with Crippen molar-refractivity contribution in [2.24, 2.45) is 5.73 Å². The van der Waals surface area contributed by atoms with Crippen LogP contribution in [0, 0.1) is 0 Å². The van der Waals surface area contributed by atoms with Gasteiger partial charge in [0, 0.05) is 12.2 Å². The van der Waals surface area contributed by atoms with E-state index in [-0.39, 0.29) is 30.9 Å². The van der Waals surface area contributed by atoms with E-state index in [0.29, 0.717) is 0 Å². The molecule has 0 spiro atoms. The van der Waals surface area contributed by atoms with Crippen molar-refractivity contribution < 1.29 is 9.59 Å². The molecule has 0 aromatic rings. The van der Waals surface area contributed by atoms with E-state index in [2.05, 4.69) is 0 Å². The van der Waals surface area contributed by atoms with Crippen LogP contribution in [0.5, 0.6) is 0 Å². The predicted molar refractivity (Wildman–Crippen MR) is 37.3 cm³/mol. The van der Waals surface area contributed by atoms with Gasteiger partial charge in [0.2, 0.25) is 0 Å². The summed E-state index contributed by atoms with van der Waals surface area (Å²) in [6.45, 7) is -0.0370. The van der Waals surface area contributed by atoms with Gasteiger partial charge in [0.05, 0.1) is 6.67 Å². The highest BCUT2D eigenvalue weighted by atomic mass is 35.5. The summed E-state index contributed by atoms with van der Waals surface area (Å²) in [7, 11) is 0. The van der Waals surface area contributed by atoms with Crippen LogP contribution in [0.2, 0.25) is 0 Å². The average molecular weight is 163 g/mol. The molecule has 0 unspecified atom stereocenters. The minimum Gasteiger partial charge on any atom is -0.313 e. The largest absolute Gasteiger partial charge is 0.313 e. The number of amides is 2. The van der Waals surface area contributed by atoms with E-state index >= 15 is 0 Å². The smallest absolute Gasteiger partial charge is 0.254 e. The molecule has 2 amide bonds. The molecule has 1 aliphatic rings. The van der Waals surface area contributed by atoms with Gasteiger partial charge in [-0.05, 0) is 0 Å². The van der Waals surface area contributed by atoms with Crippen LogP contribution < -0.4 is 5.73 Å². The molecule has 0 fully saturated rings. The monoisotopic (exact) mass is 162 g/mol. The van der Waals surface area contributed by atoms with Crippen molar-refractivity contribution in [3.05, 3.63) is 12.2 Å². The highest BCUT2D eigenvalue weighted by Gasteiger charge is 2.20. The highest BCUT2D eigenvalue weighted by molar-refractivity contribution is 6.12. The van der Waals surface area contributed by atoms with Crippen molar-refractivity contribution in [3.8, 4) is 0 Å². The third-order valence-electron chi connectivity index (χ3n) is 1.08. The second-order valence-corrected chi connectivity index (χ2v) is 1.62. The minimum absolute atomic E-state index is 0. The van der Waals surface area contributed by atoms with Gasteiger partial charge in [0.1, 0.15) is 0 Å². The maximum atomic E-state index is 10.6. The molecule has 1 aliphatic heterocycles. The van der Waals surface area contributed by atoms with Crippen LogP contribution >= 0.6 is 12.4 Å². The topological polar surface area (TPSA) is 63.4 Å². The van der Waals surface area contributed by atoms with E-state index in [4.69, 9.17) is 5.73 Å². The third-order valence-corrected chi connectivity index (χ3v) is 1.08. The Bertz CT molecular complexity index is 172. The van der Waals surface area contributed by atoms with E-state index in [1.54, 1.807) is 0 Å². The van der Waals surface area contributed by atoms with Crippen molar-refractivity contribution in [1.82, 2.24) is 4.90 Å². The van der Waals surface area contributed by atoms with Gasteiger partial charge in [-0.3, -0.25) is 14.5 Å². The van der Waals surface area contributed by atoms with Crippen molar-refractivity contribution in [1.29, 1.82) is 0 Å². The first-order valence-corrected chi connectivity index (χ1v) is 2.49. The van der Waals surface area contributed by atoms with Gasteiger partial charge >= 0.3 is 0 Å². The molecule has 4 nitrogen and oxygen atoms in total. The quantitative estimate of drug-likeness (QED) is 0.516. The molecule has 2 N–H and O–H groups in total. The number of hydrogen-bond donors (Lipinski definition) is 1. The van der Waals surface area contributed by atoms with Crippen LogP contribution in [-0.4, -0.2) is 23.4 Å². The molecule has 5 heteroatoms. The summed E-state index contributed by atoms with van der Waals surface area (Å²) in [6, 6.07) is 0. The first kappa shape index (κ1) is 9.13. The van der Waals surface area contributed by atoms with Crippen LogP contribution in [-0.2, 0) is 9.59 Å². The van der Waals surface area contributed by atoms with Gasteiger partial charge in [-0.25, -0.2) is 0 Å². The molecule has 0 aromatic carbocycles. The lowest BCUT2D eigenvalue weighted by Gasteiger charge is -2.07. The molecule has 0 saturated heterocycles. The Labute approximate surface area is 64.1 Å². The zero-order chi connectivity index (χ0) is 6.85. The molecule has 10 heavy (non-hydrogen) atoms. The summed E-state index contributed by atoms with van der Waals surface area (Å²) < 4.78 is 0. The normalized spacial score (nSPS) is 15.9. The minimum atomic E-state index is -0.331. The van der Waals surface area contributed by atoms with Gasteiger partial charge in [0.15, 0.2) is 0 Å². The average Bonchev–Trinajstić information content (AvgIpc) is 2.12. The second kappa shape index (κ2) is 3.34. The van der Waals surface area contributed by atoms with Gasteiger partial charge < -0.3 is 5.73 Å². The van der Waals surface area contributed by atoms with Crippen LogP contribution in [0.1, 0.15) is 0 Å². The Morgan fingerprint density at radius 1 is 1.30 bits per heavy atom. The van der Waals surface area contributed by atoms with Crippen LogP contribution in [0.3, 0.4) is 0 Å². The van der Waals surface area contributed by atoms with Crippen LogP contribution in [0.15, 0.2) is 12.2 Å². The lowest BCUT2D eigenvalue weighted by Crippen LogP contribution is -2.35. The third kappa shape index (κ3) is 1.34. The van der Waals surface area contributed by atoms with Crippen molar-refractivity contribution >= 4 is 24.2 Å². The Hall–Kier alpha value is -0.870. The first-order chi connectivity index (χ1) is 4.25. The van der Waals surface area contributed by atoms with Crippen LogP contribution in [0.4, 0.5) is 0 Å². The fourth-order valence-corrected chi connectivity index (χ4v) is 0.611. The summed E-state index contributed by atoms with van der Waals surface area (Å²) in [5.74, 6) is -0.662. The summed E-state index contributed by atoms with van der Waals surface area (Å²) in [5, 5.41) is 0. The van der Waals surface area contributed by atoms with Gasteiger partial charge in [-0.2, -0.15) is 0 Å². The number of carbonyl (C=O) groups excluding carboxylic acids is 2. The van der Waals surface area contributed by atoms with Crippen molar-refractivity contribution in [2.75, 3.05) is 6.67 Å². The molecule has 56 valence electrons. The first-order valence-electron chi connectivity index (χ1n) is 2.49. The fourth-order valence-electron chi connectivity index (χ4n) is 0.611. The lowest BCUT2D eigenvalue weighted by atomic mass is 10.6. The Morgan fingerprint density at radius 3 is 1.90 bits per heavy atom. The van der Waals surface area contributed by atoms with E-state index in [1.165, 1.54) is 12.2 Å². The maximum Gasteiger partial charge on any atom is 0.254 e. The summed E-state index contributed by atoms with van der Waals surface area (Å²) in [5.41, 5.74) is 5.06. The SMILES string of the molecule is Cl.NCN1C(=O)C=CC1=O. The molecule has 1 rings (SSSR count). The molecular formula is C5H7ClN2O2. The zero-order valence-corrected chi connectivity index (χ0v) is 5.93. The number of imide groups is 1. The maximum absolute atomic E-state index is 10.6. The zero-order valence-electron chi connectivity index (χ0n) is 5.11. The molecule has 0 atom stereocenters. The number of rotatable bonds is 1. The molecular weight excluding hydrogens is 156 g/mol. The van der Waals surface area contributed by atoms with E-state index in [0.717, 1.165) is 4.90 Å². The Balaban J connectivity index is 0.000000810.